The molecule has 0 saturated heterocycles. The molecule has 0 amide bonds. The second-order valence-corrected chi connectivity index (χ2v) is 6.21. The highest BCUT2D eigenvalue weighted by Gasteiger charge is 2.13. The van der Waals surface area contributed by atoms with Crippen molar-refractivity contribution in [3.63, 3.8) is 0 Å². The summed E-state index contributed by atoms with van der Waals surface area (Å²) in [5.41, 5.74) is 5.56. The van der Waals surface area contributed by atoms with E-state index in [9.17, 15) is 0 Å². The smallest absolute Gasteiger partial charge is 0.158 e. The van der Waals surface area contributed by atoms with Crippen molar-refractivity contribution in [2.75, 3.05) is 0 Å². The number of aryl methyl sites for hydroxylation is 2. The van der Waals surface area contributed by atoms with Crippen LogP contribution in [-0.4, -0.2) is 19.7 Å². The SMILES string of the molecule is CCn1ncc2c(-c3cncc(C)c3)cc(CC(C)C)nc21. The molecule has 114 valence electrons. The Bertz CT molecular complexity index is 802. The van der Waals surface area contributed by atoms with Crippen molar-refractivity contribution in [1.29, 1.82) is 0 Å². The topological polar surface area (TPSA) is 43.6 Å². The van der Waals surface area contributed by atoms with Crippen LogP contribution in [0.4, 0.5) is 0 Å². The fourth-order valence-corrected chi connectivity index (χ4v) is 2.79. The highest BCUT2D eigenvalue weighted by atomic mass is 15.3. The molecule has 3 rings (SSSR count). The van der Waals surface area contributed by atoms with Gasteiger partial charge in [-0.15, -0.1) is 0 Å². The summed E-state index contributed by atoms with van der Waals surface area (Å²) in [5.74, 6) is 0.575. The fourth-order valence-electron chi connectivity index (χ4n) is 2.79. The number of aromatic nitrogens is 4. The molecule has 0 radical (unpaired) electrons. The molecular formula is C18H22N4. The molecule has 4 heteroatoms. The molecule has 0 bridgehead atoms. The van der Waals surface area contributed by atoms with Gasteiger partial charge >= 0.3 is 0 Å². The van der Waals surface area contributed by atoms with E-state index in [1.54, 1.807) is 0 Å². The standard InChI is InChI=1S/C18H22N4/c1-5-22-18-17(11-20-22)16(8-15(21-18)6-12(2)3)14-7-13(4)9-19-10-14/h7-12H,5-6H2,1-4H3. The summed E-state index contributed by atoms with van der Waals surface area (Å²) in [6, 6.07) is 4.37. The van der Waals surface area contributed by atoms with E-state index < -0.39 is 0 Å². The molecule has 4 nitrogen and oxygen atoms in total. The van der Waals surface area contributed by atoms with Gasteiger partial charge in [0.2, 0.25) is 0 Å². The van der Waals surface area contributed by atoms with Crippen LogP contribution in [0.1, 0.15) is 32.0 Å². The van der Waals surface area contributed by atoms with Crippen molar-refractivity contribution < 1.29 is 0 Å². The Morgan fingerprint density at radius 2 is 1.95 bits per heavy atom. The first-order valence-corrected chi connectivity index (χ1v) is 7.86. The second kappa shape index (κ2) is 5.87. The highest BCUT2D eigenvalue weighted by molar-refractivity contribution is 5.92. The zero-order valence-electron chi connectivity index (χ0n) is 13.7. The summed E-state index contributed by atoms with van der Waals surface area (Å²) >= 11 is 0. The van der Waals surface area contributed by atoms with Gasteiger partial charge < -0.3 is 0 Å². The third-order valence-corrected chi connectivity index (χ3v) is 3.77. The predicted molar refractivity (Wildman–Crippen MR) is 89.7 cm³/mol. The van der Waals surface area contributed by atoms with E-state index in [1.807, 2.05) is 23.3 Å². The van der Waals surface area contributed by atoms with Crippen LogP contribution in [0.15, 0.2) is 30.7 Å². The quantitative estimate of drug-likeness (QED) is 0.730. The molecule has 3 aromatic rings. The van der Waals surface area contributed by atoms with Crippen molar-refractivity contribution >= 4 is 11.0 Å². The van der Waals surface area contributed by atoms with Crippen molar-refractivity contribution in [1.82, 2.24) is 19.7 Å². The van der Waals surface area contributed by atoms with Crippen molar-refractivity contribution in [2.24, 2.45) is 5.92 Å². The van der Waals surface area contributed by atoms with Crippen molar-refractivity contribution in [2.45, 2.75) is 40.7 Å². The summed E-state index contributed by atoms with van der Waals surface area (Å²) in [4.78, 5) is 9.17. The Kier molecular flexibility index (Phi) is 3.92. The Balaban J connectivity index is 2.24. The highest BCUT2D eigenvalue weighted by Crippen LogP contribution is 2.29. The van der Waals surface area contributed by atoms with Gasteiger partial charge in [0.15, 0.2) is 5.65 Å². The zero-order chi connectivity index (χ0) is 15.7. The van der Waals surface area contributed by atoms with Gasteiger partial charge in [-0.25, -0.2) is 9.67 Å². The van der Waals surface area contributed by atoms with E-state index in [2.05, 4.69) is 49.9 Å². The van der Waals surface area contributed by atoms with Gasteiger partial charge in [0.05, 0.1) is 6.20 Å². The minimum absolute atomic E-state index is 0.575. The van der Waals surface area contributed by atoms with Gasteiger partial charge in [-0.2, -0.15) is 5.10 Å². The average Bonchev–Trinajstić information content (AvgIpc) is 2.88. The number of rotatable bonds is 4. The fraction of sp³-hybridized carbons (Fsp3) is 0.389. The molecule has 22 heavy (non-hydrogen) atoms. The number of hydrogen-bond acceptors (Lipinski definition) is 3. The van der Waals surface area contributed by atoms with E-state index in [-0.39, 0.29) is 0 Å². The Labute approximate surface area is 131 Å². The van der Waals surface area contributed by atoms with Gasteiger partial charge in [-0.1, -0.05) is 13.8 Å². The summed E-state index contributed by atoms with van der Waals surface area (Å²) in [5, 5.41) is 5.58. The Morgan fingerprint density at radius 3 is 2.64 bits per heavy atom. The van der Waals surface area contributed by atoms with Crippen LogP contribution >= 0.6 is 0 Å². The molecule has 3 aromatic heterocycles. The van der Waals surface area contributed by atoms with Crippen LogP contribution in [0.3, 0.4) is 0 Å². The number of nitrogens with zero attached hydrogens (tertiary/aromatic N) is 4. The average molecular weight is 294 g/mol. The third-order valence-electron chi connectivity index (χ3n) is 3.77. The molecule has 0 aliphatic heterocycles. The van der Waals surface area contributed by atoms with Crippen molar-refractivity contribution in [3.8, 4) is 11.1 Å². The molecule has 0 aliphatic rings. The maximum absolute atomic E-state index is 4.83. The molecule has 0 atom stereocenters. The van der Waals surface area contributed by atoms with Gasteiger partial charge in [0.25, 0.3) is 0 Å². The maximum Gasteiger partial charge on any atom is 0.158 e. The molecule has 0 fully saturated rings. The minimum atomic E-state index is 0.575. The van der Waals surface area contributed by atoms with Crippen molar-refractivity contribution in [3.05, 3.63) is 42.0 Å². The van der Waals surface area contributed by atoms with Crippen LogP contribution in [0.2, 0.25) is 0 Å². The lowest BCUT2D eigenvalue weighted by molar-refractivity contribution is 0.632. The van der Waals surface area contributed by atoms with Crippen LogP contribution in [0.25, 0.3) is 22.2 Å². The Hall–Kier alpha value is -2.23. The van der Waals surface area contributed by atoms with Crippen LogP contribution in [0, 0.1) is 12.8 Å². The van der Waals surface area contributed by atoms with E-state index in [0.717, 1.165) is 40.8 Å². The summed E-state index contributed by atoms with van der Waals surface area (Å²) in [7, 11) is 0. The molecular weight excluding hydrogens is 272 g/mol. The van der Waals surface area contributed by atoms with E-state index in [0.29, 0.717) is 5.92 Å². The van der Waals surface area contributed by atoms with Gasteiger partial charge in [-0.05, 0) is 49.4 Å². The molecule has 0 saturated carbocycles. The monoisotopic (exact) mass is 294 g/mol. The Morgan fingerprint density at radius 1 is 1.14 bits per heavy atom. The second-order valence-electron chi connectivity index (χ2n) is 6.21. The van der Waals surface area contributed by atoms with Crippen LogP contribution < -0.4 is 0 Å². The van der Waals surface area contributed by atoms with Gasteiger partial charge in [0, 0.05) is 35.6 Å². The van der Waals surface area contributed by atoms with Crippen LogP contribution in [-0.2, 0) is 13.0 Å². The minimum Gasteiger partial charge on any atom is -0.264 e. The molecule has 0 aliphatic carbocycles. The molecule has 0 unspecified atom stereocenters. The van der Waals surface area contributed by atoms with Crippen LogP contribution in [0.5, 0.6) is 0 Å². The lowest BCUT2D eigenvalue weighted by Gasteiger charge is -2.10. The largest absolute Gasteiger partial charge is 0.264 e. The first kappa shape index (κ1) is 14.7. The molecule has 0 N–H and O–H groups in total. The van der Waals surface area contributed by atoms with Gasteiger partial charge in [0.1, 0.15) is 0 Å². The molecule has 3 heterocycles. The van der Waals surface area contributed by atoms with Gasteiger partial charge in [-0.3, -0.25) is 4.98 Å². The van der Waals surface area contributed by atoms with E-state index in [4.69, 9.17) is 4.98 Å². The zero-order valence-corrected chi connectivity index (χ0v) is 13.7. The number of pyridine rings is 2. The summed E-state index contributed by atoms with van der Waals surface area (Å²) < 4.78 is 1.96. The summed E-state index contributed by atoms with van der Waals surface area (Å²) in [6.45, 7) is 9.43. The molecule has 0 aromatic carbocycles. The lowest BCUT2D eigenvalue weighted by atomic mass is 10.0. The normalized spacial score (nSPS) is 11.5. The predicted octanol–water partition coefficient (Wildman–Crippen LogP) is 4.02. The molecule has 0 spiro atoms. The first-order chi connectivity index (χ1) is 10.6. The number of hydrogen-bond donors (Lipinski definition) is 0. The third kappa shape index (κ3) is 2.73. The lowest BCUT2D eigenvalue weighted by Crippen LogP contribution is -2.02. The number of fused-ring (bicyclic) bond motifs is 1. The summed E-state index contributed by atoms with van der Waals surface area (Å²) in [6.07, 6.45) is 6.69. The van der Waals surface area contributed by atoms with E-state index in [1.165, 1.54) is 5.56 Å². The maximum atomic E-state index is 4.83. The van der Waals surface area contributed by atoms with E-state index >= 15 is 0 Å². The first-order valence-electron chi connectivity index (χ1n) is 7.86.